The molecule has 3 rings (SSSR count). The highest BCUT2D eigenvalue weighted by Gasteiger charge is 2.32. The molecule has 1 heterocycles. The second-order valence-corrected chi connectivity index (χ2v) is 5.72. The molecule has 0 bridgehead atoms. The van der Waals surface area contributed by atoms with Crippen molar-refractivity contribution in [2.24, 2.45) is 5.92 Å². The predicted octanol–water partition coefficient (Wildman–Crippen LogP) is 1.98. The fourth-order valence-corrected chi connectivity index (χ4v) is 2.49. The van der Waals surface area contributed by atoms with E-state index in [9.17, 15) is 9.18 Å². The van der Waals surface area contributed by atoms with Crippen LogP contribution in [0.2, 0.25) is 0 Å². The third kappa shape index (κ3) is 4.02. The molecule has 0 unspecified atom stereocenters. The van der Waals surface area contributed by atoms with Crippen LogP contribution in [-0.2, 0) is 20.8 Å². The number of hydrogen-bond donors (Lipinski definition) is 0. The zero-order chi connectivity index (χ0) is 14.7. The number of halogens is 1. The molecule has 114 valence electrons. The Morgan fingerprint density at radius 2 is 2.00 bits per heavy atom. The number of carbonyl (C=O) groups is 1. The lowest BCUT2D eigenvalue weighted by molar-refractivity contribution is -0.158. The Morgan fingerprint density at radius 3 is 2.62 bits per heavy atom. The van der Waals surface area contributed by atoms with E-state index in [4.69, 9.17) is 9.47 Å². The molecule has 1 aliphatic carbocycles. The second kappa shape index (κ2) is 6.54. The maximum absolute atomic E-state index is 13.0. The molecule has 1 aliphatic heterocycles. The van der Waals surface area contributed by atoms with E-state index in [1.54, 1.807) is 12.1 Å². The second-order valence-electron chi connectivity index (χ2n) is 5.72. The summed E-state index contributed by atoms with van der Waals surface area (Å²) in [6.07, 6.45) is 1.85. The molecule has 0 radical (unpaired) electrons. The van der Waals surface area contributed by atoms with Gasteiger partial charge in [0.25, 0.3) is 5.91 Å². The van der Waals surface area contributed by atoms with Crippen molar-refractivity contribution < 1.29 is 18.7 Å². The Labute approximate surface area is 123 Å². The minimum atomic E-state index is -0.502. The van der Waals surface area contributed by atoms with Crippen molar-refractivity contribution >= 4 is 5.91 Å². The van der Waals surface area contributed by atoms with Crippen LogP contribution in [-0.4, -0.2) is 43.3 Å². The lowest BCUT2D eigenvalue weighted by atomic mass is 10.2. The lowest BCUT2D eigenvalue weighted by Crippen LogP contribution is -2.45. The third-order valence-corrected chi connectivity index (χ3v) is 3.87. The van der Waals surface area contributed by atoms with Gasteiger partial charge in [-0.1, -0.05) is 12.1 Å². The van der Waals surface area contributed by atoms with E-state index in [1.807, 2.05) is 4.90 Å². The van der Waals surface area contributed by atoms with E-state index in [-0.39, 0.29) is 11.7 Å². The number of amides is 1. The largest absolute Gasteiger partial charge is 0.376 e. The monoisotopic (exact) mass is 293 g/mol. The minimum absolute atomic E-state index is 0.0223. The van der Waals surface area contributed by atoms with E-state index in [2.05, 4.69) is 0 Å². The summed E-state index contributed by atoms with van der Waals surface area (Å²) in [5, 5.41) is 0. The number of nitrogens with zero attached hydrogens (tertiary/aromatic N) is 1. The molecule has 1 saturated carbocycles. The number of carbonyl (C=O) groups excluding carboxylic acids is 1. The van der Waals surface area contributed by atoms with Crippen LogP contribution in [0.15, 0.2) is 24.3 Å². The van der Waals surface area contributed by atoms with Crippen LogP contribution in [0.1, 0.15) is 18.4 Å². The van der Waals surface area contributed by atoms with Crippen LogP contribution in [0.5, 0.6) is 0 Å². The number of ether oxygens (including phenoxy) is 2. The summed E-state index contributed by atoms with van der Waals surface area (Å²) in [5.41, 5.74) is 0.933. The quantitative estimate of drug-likeness (QED) is 0.833. The normalized spacial score (nSPS) is 22.0. The molecule has 5 heteroatoms. The van der Waals surface area contributed by atoms with Crippen molar-refractivity contribution in [2.45, 2.75) is 25.5 Å². The van der Waals surface area contributed by atoms with Gasteiger partial charge in [-0.25, -0.2) is 4.39 Å². The molecule has 1 amide bonds. The molecule has 0 spiro atoms. The minimum Gasteiger partial charge on any atom is -0.376 e. The smallest absolute Gasteiger partial charge is 0.254 e. The average Bonchev–Trinajstić information content (AvgIpc) is 3.33. The van der Waals surface area contributed by atoms with Crippen LogP contribution in [0.3, 0.4) is 0 Å². The molecule has 0 N–H and O–H groups in total. The summed E-state index contributed by atoms with van der Waals surface area (Å²) < 4.78 is 23.8. The molecule has 1 atom stereocenters. The summed E-state index contributed by atoms with van der Waals surface area (Å²) >= 11 is 0. The van der Waals surface area contributed by atoms with Gasteiger partial charge < -0.3 is 14.4 Å². The lowest BCUT2D eigenvalue weighted by Gasteiger charge is -2.29. The van der Waals surface area contributed by atoms with Crippen LogP contribution in [0, 0.1) is 11.7 Å². The van der Waals surface area contributed by atoms with Crippen molar-refractivity contribution in [2.75, 3.05) is 26.4 Å². The zero-order valence-corrected chi connectivity index (χ0v) is 12.0. The highest BCUT2D eigenvalue weighted by molar-refractivity contribution is 5.81. The topological polar surface area (TPSA) is 38.8 Å². The van der Waals surface area contributed by atoms with Crippen LogP contribution >= 0.6 is 0 Å². The van der Waals surface area contributed by atoms with Gasteiger partial charge in [0.05, 0.1) is 19.8 Å². The maximum atomic E-state index is 13.0. The van der Waals surface area contributed by atoms with Crippen molar-refractivity contribution in [3.63, 3.8) is 0 Å². The first kappa shape index (κ1) is 14.5. The van der Waals surface area contributed by atoms with Gasteiger partial charge in [-0.05, 0) is 36.5 Å². The predicted molar refractivity (Wildman–Crippen MR) is 75.1 cm³/mol. The molecule has 0 aromatic heterocycles. The maximum Gasteiger partial charge on any atom is 0.254 e. The summed E-state index contributed by atoms with van der Waals surface area (Å²) in [4.78, 5) is 14.4. The number of rotatable bonds is 5. The van der Waals surface area contributed by atoms with E-state index in [1.165, 1.54) is 25.0 Å². The number of benzene rings is 1. The summed E-state index contributed by atoms with van der Waals surface area (Å²) in [6.45, 7) is 2.57. The first-order valence-electron chi connectivity index (χ1n) is 7.45. The SMILES string of the molecule is O=C([C@H]1COCCO1)N(Cc1ccc(F)cc1)CC1CC1. The Bertz CT molecular complexity index is 481. The van der Waals surface area contributed by atoms with Gasteiger partial charge in [0.1, 0.15) is 5.82 Å². The van der Waals surface area contributed by atoms with E-state index < -0.39 is 6.10 Å². The molecule has 2 fully saturated rings. The Balaban J connectivity index is 1.67. The molecule has 2 aliphatic rings. The Morgan fingerprint density at radius 1 is 1.24 bits per heavy atom. The van der Waals surface area contributed by atoms with E-state index in [0.29, 0.717) is 32.3 Å². The van der Waals surface area contributed by atoms with Crippen LogP contribution in [0.25, 0.3) is 0 Å². The first-order valence-corrected chi connectivity index (χ1v) is 7.45. The van der Waals surface area contributed by atoms with Gasteiger partial charge in [-0.2, -0.15) is 0 Å². The summed E-state index contributed by atoms with van der Waals surface area (Å²) in [6, 6.07) is 6.30. The average molecular weight is 293 g/mol. The van der Waals surface area contributed by atoms with Gasteiger partial charge in [-0.15, -0.1) is 0 Å². The summed E-state index contributed by atoms with van der Waals surface area (Å²) in [5.74, 6) is 0.313. The van der Waals surface area contributed by atoms with Crippen molar-refractivity contribution in [1.82, 2.24) is 4.90 Å². The zero-order valence-electron chi connectivity index (χ0n) is 12.0. The molecule has 1 aromatic rings. The highest BCUT2D eigenvalue weighted by atomic mass is 19.1. The van der Waals surface area contributed by atoms with Gasteiger partial charge in [0.2, 0.25) is 0 Å². The van der Waals surface area contributed by atoms with Crippen LogP contribution in [0.4, 0.5) is 4.39 Å². The van der Waals surface area contributed by atoms with Crippen molar-refractivity contribution in [3.8, 4) is 0 Å². The number of hydrogen-bond acceptors (Lipinski definition) is 3. The molecular formula is C16H20FNO3. The molecule has 1 saturated heterocycles. The van der Waals surface area contributed by atoms with Crippen molar-refractivity contribution in [3.05, 3.63) is 35.6 Å². The third-order valence-electron chi connectivity index (χ3n) is 3.87. The molecule has 1 aromatic carbocycles. The molecule has 21 heavy (non-hydrogen) atoms. The van der Waals surface area contributed by atoms with Crippen molar-refractivity contribution in [1.29, 1.82) is 0 Å². The Kier molecular flexibility index (Phi) is 4.51. The highest BCUT2D eigenvalue weighted by Crippen LogP contribution is 2.30. The van der Waals surface area contributed by atoms with Crippen LogP contribution < -0.4 is 0 Å². The van der Waals surface area contributed by atoms with E-state index >= 15 is 0 Å². The first-order chi connectivity index (χ1) is 10.2. The fraction of sp³-hybridized carbons (Fsp3) is 0.562. The Hall–Kier alpha value is -1.46. The van der Waals surface area contributed by atoms with Gasteiger partial charge >= 0.3 is 0 Å². The van der Waals surface area contributed by atoms with E-state index in [0.717, 1.165) is 12.1 Å². The van der Waals surface area contributed by atoms with Gasteiger partial charge in [0, 0.05) is 13.1 Å². The standard InChI is InChI=1S/C16H20FNO3/c17-14-5-3-13(4-6-14)10-18(9-12-1-2-12)16(19)15-11-20-7-8-21-15/h3-6,12,15H,1-2,7-11H2/t15-/m1/s1. The van der Waals surface area contributed by atoms with Gasteiger partial charge in [0.15, 0.2) is 6.10 Å². The summed E-state index contributed by atoms with van der Waals surface area (Å²) in [7, 11) is 0. The van der Waals surface area contributed by atoms with Gasteiger partial charge in [-0.3, -0.25) is 4.79 Å². The molecule has 4 nitrogen and oxygen atoms in total. The fourth-order valence-electron chi connectivity index (χ4n) is 2.49. The molecular weight excluding hydrogens is 273 g/mol.